The number of hydrogen-bond donors (Lipinski definition) is 2. The van der Waals surface area contributed by atoms with Crippen molar-refractivity contribution in [2.24, 2.45) is 5.92 Å². The second-order valence-corrected chi connectivity index (χ2v) is 9.32. The fourth-order valence-electron chi connectivity index (χ4n) is 4.64. The first kappa shape index (κ1) is 26.5. The van der Waals surface area contributed by atoms with Gasteiger partial charge < -0.3 is 20.1 Å². The number of likely N-dealkylation sites (tertiary alicyclic amines) is 1. The Labute approximate surface area is 209 Å². The molecule has 2 atom stereocenters. The summed E-state index contributed by atoms with van der Waals surface area (Å²) in [6.07, 6.45) is 3.79. The Kier molecular flexibility index (Phi) is 9.97. The van der Waals surface area contributed by atoms with Crippen LogP contribution in [0.1, 0.15) is 56.7 Å². The van der Waals surface area contributed by atoms with Gasteiger partial charge in [-0.05, 0) is 68.1 Å². The van der Waals surface area contributed by atoms with Gasteiger partial charge in [-0.2, -0.15) is 0 Å². The Hall–Kier alpha value is -3.06. The van der Waals surface area contributed by atoms with E-state index in [-0.39, 0.29) is 36.4 Å². The lowest BCUT2D eigenvalue weighted by Gasteiger charge is -2.32. The van der Waals surface area contributed by atoms with Crippen molar-refractivity contribution >= 4 is 11.8 Å². The number of carbonyl (C=O) groups is 2. The molecule has 2 aromatic carbocycles. The van der Waals surface area contributed by atoms with Crippen molar-refractivity contribution in [3.05, 3.63) is 59.7 Å². The summed E-state index contributed by atoms with van der Waals surface area (Å²) in [5.74, 6) is 1.49. The molecule has 2 N–H and O–H groups in total. The van der Waals surface area contributed by atoms with Gasteiger partial charge in [0.05, 0.1) is 32.7 Å². The summed E-state index contributed by atoms with van der Waals surface area (Å²) in [7, 11) is 3.27. The number of amides is 2. The third-order valence-corrected chi connectivity index (χ3v) is 6.56. The van der Waals surface area contributed by atoms with E-state index in [1.54, 1.807) is 14.2 Å². The molecule has 1 aliphatic rings. The molecule has 0 spiro atoms. The van der Waals surface area contributed by atoms with Gasteiger partial charge in [-0.25, -0.2) is 0 Å². The van der Waals surface area contributed by atoms with E-state index in [4.69, 9.17) is 9.47 Å². The summed E-state index contributed by atoms with van der Waals surface area (Å²) in [6.45, 7) is 5.85. The van der Waals surface area contributed by atoms with Crippen molar-refractivity contribution < 1.29 is 19.1 Å². The molecular formula is C28H39N3O4. The predicted octanol–water partition coefficient (Wildman–Crippen LogP) is 3.93. The zero-order chi connectivity index (χ0) is 25.2. The van der Waals surface area contributed by atoms with E-state index in [2.05, 4.69) is 22.5 Å². The van der Waals surface area contributed by atoms with Crippen LogP contribution in [0.2, 0.25) is 0 Å². The monoisotopic (exact) mass is 481 g/mol. The smallest absolute Gasteiger partial charge is 0.234 e. The molecule has 0 saturated carbocycles. The van der Waals surface area contributed by atoms with Gasteiger partial charge in [-0.1, -0.05) is 37.6 Å². The van der Waals surface area contributed by atoms with E-state index in [9.17, 15) is 9.59 Å². The molecule has 1 aliphatic heterocycles. The van der Waals surface area contributed by atoms with Crippen LogP contribution in [0.25, 0.3) is 0 Å². The van der Waals surface area contributed by atoms with Gasteiger partial charge in [0.25, 0.3) is 0 Å². The van der Waals surface area contributed by atoms with Gasteiger partial charge in [0.15, 0.2) is 0 Å². The Morgan fingerprint density at radius 1 is 0.971 bits per heavy atom. The van der Waals surface area contributed by atoms with Crippen LogP contribution in [0.3, 0.4) is 0 Å². The second kappa shape index (κ2) is 13.1. The Bertz CT molecular complexity index is 898. The molecule has 35 heavy (non-hydrogen) atoms. The lowest BCUT2D eigenvalue weighted by Crippen LogP contribution is -2.48. The van der Waals surface area contributed by atoms with Crippen LogP contribution in [0.5, 0.6) is 11.5 Å². The van der Waals surface area contributed by atoms with Gasteiger partial charge in [0, 0.05) is 12.6 Å². The molecule has 7 heteroatoms. The number of nitrogens with zero attached hydrogens (tertiary/aromatic N) is 1. The Balaban J connectivity index is 1.66. The van der Waals surface area contributed by atoms with Crippen molar-refractivity contribution in [1.82, 2.24) is 15.5 Å². The summed E-state index contributed by atoms with van der Waals surface area (Å²) >= 11 is 0. The third kappa shape index (κ3) is 7.72. The van der Waals surface area contributed by atoms with Gasteiger partial charge in [0.2, 0.25) is 11.8 Å². The van der Waals surface area contributed by atoms with E-state index < -0.39 is 0 Å². The number of nitrogens with one attached hydrogen (secondary N) is 2. The summed E-state index contributed by atoms with van der Waals surface area (Å²) in [6, 6.07) is 15.3. The zero-order valence-electron chi connectivity index (χ0n) is 21.4. The van der Waals surface area contributed by atoms with Crippen molar-refractivity contribution in [3.63, 3.8) is 0 Å². The van der Waals surface area contributed by atoms with Gasteiger partial charge in [-0.3, -0.25) is 14.5 Å². The van der Waals surface area contributed by atoms with Crippen LogP contribution in [-0.4, -0.2) is 56.6 Å². The highest BCUT2D eigenvalue weighted by Gasteiger charge is 2.28. The summed E-state index contributed by atoms with van der Waals surface area (Å²) in [5, 5.41) is 6.33. The van der Waals surface area contributed by atoms with Crippen LogP contribution in [0, 0.1) is 5.92 Å². The third-order valence-electron chi connectivity index (χ3n) is 6.56. The number of benzene rings is 2. The Morgan fingerprint density at radius 2 is 1.54 bits per heavy atom. The quantitative estimate of drug-likeness (QED) is 0.508. The SMILES string of the molecule is CCCC(C)NC(=O)C1CCCN(CC(=O)NC(c2ccc(OC)cc2)c2ccc(OC)cc2)C1. The van der Waals surface area contributed by atoms with Gasteiger partial charge >= 0.3 is 0 Å². The number of methoxy groups -OCH3 is 2. The fourth-order valence-corrected chi connectivity index (χ4v) is 4.64. The van der Waals surface area contributed by atoms with E-state index in [1.165, 1.54) is 0 Å². The summed E-state index contributed by atoms with van der Waals surface area (Å²) < 4.78 is 10.6. The largest absolute Gasteiger partial charge is 0.497 e. The van der Waals surface area contributed by atoms with Crippen LogP contribution < -0.4 is 20.1 Å². The van der Waals surface area contributed by atoms with Crippen LogP contribution >= 0.6 is 0 Å². The standard InChI is InChI=1S/C28H39N3O4/c1-5-7-20(2)29-28(33)23-8-6-17-31(18-23)19-26(32)30-27(21-9-13-24(34-3)14-10-21)22-11-15-25(35-4)16-12-22/h9-16,20,23,27H,5-8,17-19H2,1-4H3,(H,29,33)(H,30,32). The normalized spacial score (nSPS) is 17.0. The first-order valence-corrected chi connectivity index (χ1v) is 12.5. The van der Waals surface area contributed by atoms with Gasteiger partial charge in [0.1, 0.15) is 11.5 Å². The molecule has 0 aromatic heterocycles. The molecule has 0 aliphatic carbocycles. The fraction of sp³-hybridized carbons (Fsp3) is 0.500. The molecular weight excluding hydrogens is 442 g/mol. The van der Waals surface area contributed by atoms with Crippen molar-refractivity contribution in [2.75, 3.05) is 33.9 Å². The highest BCUT2D eigenvalue weighted by atomic mass is 16.5. The van der Waals surface area contributed by atoms with Crippen LogP contribution in [0.15, 0.2) is 48.5 Å². The first-order chi connectivity index (χ1) is 16.9. The second-order valence-electron chi connectivity index (χ2n) is 9.32. The molecule has 190 valence electrons. The van der Waals surface area contributed by atoms with Crippen LogP contribution in [-0.2, 0) is 9.59 Å². The molecule has 1 heterocycles. The minimum atomic E-state index is -0.307. The molecule has 2 unspecified atom stereocenters. The lowest BCUT2D eigenvalue weighted by molar-refractivity contribution is -0.129. The van der Waals surface area contributed by atoms with Crippen molar-refractivity contribution in [2.45, 2.75) is 51.6 Å². The van der Waals surface area contributed by atoms with Crippen LogP contribution in [0.4, 0.5) is 0 Å². The highest BCUT2D eigenvalue weighted by Crippen LogP contribution is 2.26. The van der Waals surface area contributed by atoms with E-state index in [0.29, 0.717) is 6.54 Å². The number of hydrogen-bond acceptors (Lipinski definition) is 5. The minimum absolute atomic E-state index is 0.0676. The Morgan fingerprint density at radius 3 is 2.06 bits per heavy atom. The maximum atomic E-state index is 13.2. The van der Waals surface area contributed by atoms with Crippen molar-refractivity contribution in [3.8, 4) is 11.5 Å². The molecule has 0 bridgehead atoms. The predicted molar refractivity (Wildman–Crippen MR) is 138 cm³/mol. The summed E-state index contributed by atoms with van der Waals surface area (Å²) in [5.41, 5.74) is 1.93. The maximum Gasteiger partial charge on any atom is 0.234 e. The first-order valence-electron chi connectivity index (χ1n) is 12.5. The minimum Gasteiger partial charge on any atom is -0.497 e. The number of rotatable bonds is 11. The maximum absolute atomic E-state index is 13.2. The number of ether oxygens (including phenoxy) is 2. The average Bonchev–Trinajstić information content (AvgIpc) is 2.87. The molecule has 7 nitrogen and oxygen atoms in total. The zero-order valence-corrected chi connectivity index (χ0v) is 21.4. The average molecular weight is 482 g/mol. The molecule has 1 saturated heterocycles. The number of piperidine rings is 1. The van der Waals surface area contributed by atoms with E-state index in [1.807, 2.05) is 55.5 Å². The summed E-state index contributed by atoms with van der Waals surface area (Å²) in [4.78, 5) is 27.9. The van der Waals surface area contributed by atoms with E-state index in [0.717, 1.165) is 54.9 Å². The molecule has 2 amide bonds. The number of carbonyl (C=O) groups excluding carboxylic acids is 2. The lowest BCUT2D eigenvalue weighted by atomic mass is 9.96. The van der Waals surface area contributed by atoms with E-state index >= 15 is 0 Å². The molecule has 1 fully saturated rings. The van der Waals surface area contributed by atoms with Gasteiger partial charge in [-0.15, -0.1) is 0 Å². The molecule has 0 radical (unpaired) electrons. The topological polar surface area (TPSA) is 79.9 Å². The van der Waals surface area contributed by atoms with Crippen molar-refractivity contribution in [1.29, 1.82) is 0 Å². The molecule has 3 rings (SSSR count). The molecule has 2 aromatic rings. The highest BCUT2D eigenvalue weighted by molar-refractivity contribution is 5.80.